The molecule has 1 fully saturated rings. The summed E-state index contributed by atoms with van der Waals surface area (Å²) in [6.45, 7) is 7.70. The van der Waals surface area contributed by atoms with Gasteiger partial charge in [-0.1, -0.05) is 53.7 Å². The molecule has 0 bridgehead atoms. The molecule has 0 aliphatic carbocycles. The van der Waals surface area contributed by atoms with Crippen molar-refractivity contribution in [2.75, 3.05) is 13.1 Å². The van der Waals surface area contributed by atoms with Crippen molar-refractivity contribution in [3.8, 4) is 0 Å². The molecule has 0 spiro atoms. The van der Waals surface area contributed by atoms with Crippen LogP contribution in [0.15, 0.2) is 66.3 Å². The highest BCUT2D eigenvalue weighted by atomic mass is 35.5. The summed E-state index contributed by atoms with van der Waals surface area (Å²) in [5, 5.41) is 12.1. The lowest BCUT2D eigenvalue weighted by atomic mass is 9.96. The number of allylic oxidation sites excluding steroid dienone is 1. The summed E-state index contributed by atoms with van der Waals surface area (Å²) >= 11 is 9.64. The van der Waals surface area contributed by atoms with Crippen molar-refractivity contribution >= 4 is 44.9 Å². The van der Waals surface area contributed by atoms with E-state index in [1.165, 1.54) is 15.3 Å². The Balaban J connectivity index is 1.22. The minimum atomic E-state index is 0.421. The van der Waals surface area contributed by atoms with Gasteiger partial charge in [-0.05, 0) is 55.8 Å². The molecule has 2 aromatic carbocycles. The zero-order valence-electron chi connectivity index (χ0n) is 18.4. The SMILES string of the molecule is C=CCn1c(SCc2cccc(Cl)c2)nnc1C1CCN(Cc2nc3ccccc3s2)CC1. The molecular weight excluding hydrogens is 470 g/mol. The summed E-state index contributed by atoms with van der Waals surface area (Å²) in [6.07, 6.45) is 4.09. The van der Waals surface area contributed by atoms with Crippen LogP contribution in [0.4, 0.5) is 0 Å². The Hall–Kier alpha value is -2.19. The van der Waals surface area contributed by atoms with E-state index in [2.05, 4.69) is 56.6 Å². The van der Waals surface area contributed by atoms with Crippen LogP contribution in [0.5, 0.6) is 0 Å². The van der Waals surface area contributed by atoms with Gasteiger partial charge < -0.3 is 4.57 Å². The molecule has 0 radical (unpaired) electrons. The Kier molecular flexibility index (Phi) is 7.11. The molecule has 2 aromatic heterocycles. The summed E-state index contributed by atoms with van der Waals surface area (Å²) in [5.41, 5.74) is 2.29. The Morgan fingerprint density at radius 2 is 1.97 bits per heavy atom. The number of hydrogen-bond acceptors (Lipinski definition) is 6. The number of benzene rings is 2. The second-order valence-electron chi connectivity index (χ2n) is 8.28. The lowest BCUT2D eigenvalue weighted by Gasteiger charge is -2.31. The van der Waals surface area contributed by atoms with Gasteiger partial charge >= 0.3 is 0 Å². The van der Waals surface area contributed by atoms with Gasteiger partial charge in [0.15, 0.2) is 5.16 Å². The second-order valence-corrected chi connectivity index (χ2v) is 10.8. The van der Waals surface area contributed by atoms with E-state index in [0.717, 1.165) is 66.3 Å². The van der Waals surface area contributed by atoms with Crippen molar-refractivity contribution in [2.24, 2.45) is 0 Å². The van der Waals surface area contributed by atoms with E-state index in [1.807, 2.05) is 24.3 Å². The van der Waals surface area contributed by atoms with Crippen LogP contribution in [-0.4, -0.2) is 37.7 Å². The highest BCUT2D eigenvalue weighted by Crippen LogP contribution is 2.32. The lowest BCUT2D eigenvalue weighted by molar-refractivity contribution is 0.200. The molecule has 0 saturated carbocycles. The monoisotopic (exact) mass is 495 g/mol. The minimum Gasteiger partial charge on any atom is -0.302 e. The number of halogens is 1. The first-order chi connectivity index (χ1) is 16.2. The Morgan fingerprint density at radius 3 is 2.76 bits per heavy atom. The van der Waals surface area contributed by atoms with Gasteiger partial charge in [-0.15, -0.1) is 28.1 Å². The molecule has 3 heterocycles. The largest absolute Gasteiger partial charge is 0.302 e. The summed E-state index contributed by atoms with van der Waals surface area (Å²) in [4.78, 5) is 7.32. The third-order valence-corrected chi connectivity index (χ3v) is 8.26. The number of rotatable bonds is 8. The topological polar surface area (TPSA) is 46.8 Å². The Labute approximate surface area is 207 Å². The molecule has 1 saturated heterocycles. The highest BCUT2D eigenvalue weighted by Gasteiger charge is 2.26. The summed E-state index contributed by atoms with van der Waals surface area (Å²) in [5.74, 6) is 2.32. The Morgan fingerprint density at radius 1 is 1.12 bits per heavy atom. The van der Waals surface area contributed by atoms with Crippen LogP contribution in [-0.2, 0) is 18.8 Å². The van der Waals surface area contributed by atoms with Gasteiger partial charge in [-0.25, -0.2) is 4.98 Å². The fourth-order valence-corrected chi connectivity index (χ4v) is 6.43. The molecule has 8 heteroatoms. The van der Waals surface area contributed by atoms with Crippen molar-refractivity contribution < 1.29 is 0 Å². The van der Waals surface area contributed by atoms with Crippen molar-refractivity contribution in [3.63, 3.8) is 0 Å². The fourth-order valence-electron chi connectivity index (χ4n) is 4.31. The molecule has 5 rings (SSSR count). The molecule has 0 atom stereocenters. The molecule has 0 unspecified atom stereocenters. The van der Waals surface area contributed by atoms with Gasteiger partial charge in [0.05, 0.1) is 16.8 Å². The van der Waals surface area contributed by atoms with Crippen LogP contribution >= 0.6 is 34.7 Å². The predicted molar refractivity (Wildman–Crippen MR) is 138 cm³/mol. The van der Waals surface area contributed by atoms with Gasteiger partial charge in [0.1, 0.15) is 10.8 Å². The first-order valence-corrected chi connectivity index (χ1v) is 13.4. The maximum Gasteiger partial charge on any atom is 0.191 e. The second kappa shape index (κ2) is 10.4. The van der Waals surface area contributed by atoms with Crippen LogP contribution in [0.1, 0.15) is 35.2 Å². The highest BCUT2D eigenvalue weighted by molar-refractivity contribution is 7.98. The number of fused-ring (bicyclic) bond motifs is 1. The van der Waals surface area contributed by atoms with E-state index in [4.69, 9.17) is 16.6 Å². The number of aromatic nitrogens is 4. The molecule has 170 valence electrons. The number of likely N-dealkylation sites (tertiary alicyclic amines) is 1. The molecule has 4 aromatic rings. The minimum absolute atomic E-state index is 0.421. The Bertz CT molecular complexity index is 1210. The van der Waals surface area contributed by atoms with Crippen LogP contribution in [0.3, 0.4) is 0 Å². The third kappa shape index (κ3) is 5.32. The summed E-state index contributed by atoms with van der Waals surface area (Å²) in [6, 6.07) is 16.4. The van der Waals surface area contributed by atoms with Crippen LogP contribution in [0, 0.1) is 0 Å². The predicted octanol–water partition coefficient (Wildman–Crippen LogP) is 6.40. The molecule has 5 nitrogen and oxygen atoms in total. The van der Waals surface area contributed by atoms with E-state index in [-0.39, 0.29) is 0 Å². The zero-order valence-corrected chi connectivity index (χ0v) is 20.7. The van der Waals surface area contributed by atoms with Crippen molar-refractivity contribution in [1.29, 1.82) is 0 Å². The molecule has 0 amide bonds. The van der Waals surface area contributed by atoms with Gasteiger partial charge in [-0.2, -0.15) is 0 Å². The third-order valence-electron chi connectivity index (χ3n) is 5.96. The summed E-state index contributed by atoms with van der Waals surface area (Å²) in [7, 11) is 0. The molecular formula is C25H26ClN5S2. The lowest BCUT2D eigenvalue weighted by Crippen LogP contribution is -2.33. The molecule has 33 heavy (non-hydrogen) atoms. The van der Waals surface area contributed by atoms with Gasteiger partial charge in [0.25, 0.3) is 0 Å². The van der Waals surface area contributed by atoms with Gasteiger partial charge in [0.2, 0.25) is 0 Å². The van der Waals surface area contributed by atoms with Crippen molar-refractivity contribution in [1.82, 2.24) is 24.6 Å². The molecule has 1 aliphatic rings. The standard InChI is InChI=1S/C25H26ClN5S2/c1-2-12-31-24(28-29-25(31)32-17-18-6-5-7-20(26)15-18)19-10-13-30(14-11-19)16-23-27-21-8-3-4-9-22(21)33-23/h2-9,15,19H,1,10-14,16-17H2. The van der Waals surface area contributed by atoms with Gasteiger partial charge in [-0.3, -0.25) is 4.90 Å². The molecule has 1 aliphatic heterocycles. The van der Waals surface area contributed by atoms with Crippen LogP contribution in [0.2, 0.25) is 5.02 Å². The van der Waals surface area contributed by atoms with E-state index >= 15 is 0 Å². The number of nitrogens with zero attached hydrogens (tertiary/aromatic N) is 5. The first kappa shape index (κ1) is 22.6. The van der Waals surface area contributed by atoms with Crippen LogP contribution < -0.4 is 0 Å². The summed E-state index contributed by atoms with van der Waals surface area (Å²) < 4.78 is 3.50. The zero-order chi connectivity index (χ0) is 22.6. The number of hydrogen-bond donors (Lipinski definition) is 0. The normalized spacial score (nSPS) is 15.3. The fraction of sp³-hybridized carbons (Fsp3) is 0.320. The molecule has 0 N–H and O–H groups in total. The number of piperidine rings is 1. The van der Waals surface area contributed by atoms with E-state index in [9.17, 15) is 0 Å². The number of para-hydroxylation sites is 1. The number of thioether (sulfide) groups is 1. The van der Waals surface area contributed by atoms with E-state index in [0.29, 0.717) is 5.92 Å². The maximum atomic E-state index is 6.13. The smallest absolute Gasteiger partial charge is 0.191 e. The average molecular weight is 496 g/mol. The van der Waals surface area contributed by atoms with Gasteiger partial charge in [0, 0.05) is 23.2 Å². The quantitative estimate of drug-likeness (QED) is 0.209. The average Bonchev–Trinajstić information content (AvgIpc) is 3.42. The van der Waals surface area contributed by atoms with Crippen molar-refractivity contribution in [2.45, 2.75) is 42.8 Å². The maximum absolute atomic E-state index is 6.13. The van der Waals surface area contributed by atoms with Crippen LogP contribution in [0.25, 0.3) is 10.2 Å². The van der Waals surface area contributed by atoms with E-state index in [1.54, 1.807) is 23.1 Å². The van der Waals surface area contributed by atoms with Crippen molar-refractivity contribution in [3.05, 3.63) is 82.6 Å². The first-order valence-electron chi connectivity index (χ1n) is 11.2. The number of thiazole rings is 1. The van der Waals surface area contributed by atoms with E-state index < -0.39 is 0 Å².